The Morgan fingerprint density at radius 1 is 1.21 bits per heavy atom. The molecule has 4 heteroatoms. The van der Waals surface area contributed by atoms with E-state index >= 15 is 0 Å². The number of para-hydroxylation sites is 1. The molecule has 0 saturated carbocycles. The third-order valence-corrected chi connectivity index (χ3v) is 3.72. The van der Waals surface area contributed by atoms with Crippen molar-refractivity contribution < 1.29 is 4.42 Å². The van der Waals surface area contributed by atoms with Gasteiger partial charge in [-0.25, -0.2) is 10.4 Å². The van der Waals surface area contributed by atoms with E-state index in [0.29, 0.717) is 6.54 Å². The van der Waals surface area contributed by atoms with Gasteiger partial charge in [-0.3, -0.25) is 0 Å². The van der Waals surface area contributed by atoms with Crippen LogP contribution in [0.2, 0.25) is 0 Å². The van der Waals surface area contributed by atoms with Gasteiger partial charge >= 0.3 is 0 Å². The molecule has 0 radical (unpaired) electrons. The fourth-order valence-corrected chi connectivity index (χ4v) is 2.65. The van der Waals surface area contributed by atoms with Gasteiger partial charge < -0.3 is 10.2 Å². The van der Waals surface area contributed by atoms with Crippen molar-refractivity contribution in [2.75, 3.05) is 19.6 Å². The Morgan fingerprint density at radius 3 is 2.74 bits per heavy atom. The number of piperidine rings is 1. The Balaban J connectivity index is 1.76. The lowest BCUT2D eigenvalue weighted by Gasteiger charge is -2.30. The molecular formula is C15H21N3O. The minimum Gasteiger partial charge on any atom is -0.459 e. The first-order chi connectivity index (χ1) is 9.36. The van der Waals surface area contributed by atoms with Gasteiger partial charge in [0.05, 0.1) is 6.04 Å². The van der Waals surface area contributed by atoms with Crippen LogP contribution in [-0.4, -0.2) is 24.6 Å². The maximum atomic E-state index is 5.89. The molecule has 2 heterocycles. The Morgan fingerprint density at radius 2 is 2.00 bits per heavy atom. The normalized spacial score (nSPS) is 18.8. The van der Waals surface area contributed by atoms with Crippen molar-refractivity contribution >= 4 is 11.0 Å². The van der Waals surface area contributed by atoms with Crippen molar-refractivity contribution in [1.29, 1.82) is 0 Å². The van der Waals surface area contributed by atoms with E-state index in [4.69, 9.17) is 10.2 Å². The molecule has 1 saturated heterocycles. The maximum absolute atomic E-state index is 5.89. The molecule has 1 unspecified atom stereocenters. The van der Waals surface area contributed by atoms with Crippen LogP contribution in [0.25, 0.3) is 11.0 Å². The molecule has 4 nitrogen and oxygen atoms in total. The molecule has 2 aromatic rings. The number of hydrazine groups is 1. The number of furan rings is 1. The number of nitrogens with zero attached hydrogens (tertiary/aromatic N) is 1. The highest BCUT2D eigenvalue weighted by Crippen LogP contribution is 2.24. The number of hydrogen-bond donors (Lipinski definition) is 2. The van der Waals surface area contributed by atoms with Crippen LogP contribution in [0.4, 0.5) is 0 Å². The molecule has 0 aliphatic carbocycles. The lowest BCUT2D eigenvalue weighted by Crippen LogP contribution is -2.45. The predicted molar refractivity (Wildman–Crippen MR) is 76.6 cm³/mol. The Kier molecular flexibility index (Phi) is 3.82. The summed E-state index contributed by atoms with van der Waals surface area (Å²) in [6, 6.07) is 10.2. The van der Waals surface area contributed by atoms with E-state index < -0.39 is 0 Å². The number of fused-ring (bicyclic) bond motifs is 1. The molecule has 1 atom stereocenters. The van der Waals surface area contributed by atoms with Gasteiger partial charge in [-0.05, 0) is 25.0 Å². The predicted octanol–water partition coefficient (Wildman–Crippen LogP) is 2.42. The van der Waals surface area contributed by atoms with E-state index in [2.05, 4.69) is 22.6 Å². The molecule has 3 N–H and O–H groups in total. The lowest BCUT2D eigenvalue weighted by molar-refractivity contribution is 0.123. The minimum atomic E-state index is 0.0606. The molecule has 3 rings (SSSR count). The van der Waals surface area contributed by atoms with E-state index in [9.17, 15) is 0 Å². The van der Waals surface area contributed by atoms with Gasteiger partial charge in [0.2, 0.25) is 0 Å². The van der Waals surface area contributed by atoms with E-state index in [1.807, 2.05) is 18.2 Å². The second-order valence-corrected chi connectivity index (χ2v) is 5.15. The number of nitrogens with one attached hydrogen (secondary N) is 1. The zero-order valence-corrected chi connectivity index (χ0v) is 11.1. The smallest absolute Gasteiger partial charge is 0.134 e. The molecule has 19 heavy (non-hydrogen) atoms. The highest BCUT2D eigenvalue weighted by Gasteiger charge is 2.19. The van der Waals surface area contributed by atoms with Gasteiger partial charge in [-0.2, -0.15) is 0 Å². The average molecular weight is 259 g/mol. The Labute approximate surface area is 113 Å². The number of hydrogen-bond acceptors (Lipinski definition) is 4. The largest absolute Gasteiger partial charge is 0.459 e. The summed E-state index contributed by atoms with van der Waals surface area (Å²) in [7, 11) is 0. The number of benzene rings is 1. The van der Waals surface area contributed by atoms with Gasteiger partial charge in [-0.1, -0.05) is 24.6 Å². The average Bonchev–Trinajstić information content (AvgIpc) is 2.89. The Hall–Kier alpha value is -1.36. The highest BCUT2D eigenvalue weighted by molar-refractivity contribution is 5.77. The minimum absolute atomic E-state index is 0.0606. The summed E-state index contributed by atoms with van der Waals surface area (Å²) >= 11 is 0. The van der Waals surface area contributed by atoms with Gasteiger partial charge in [0.1, 0.15) is 11.3 Å². The van der Waals surface area contributed by atoms with E-state index in [-0.39, 0.29) is 6.04 Å². The highest BCUT2D eigenvalue weighted by atomic mass is 16.3. The maximum Gasteiger partial charge on any atom is 0.134 e. The van der Waals surface area contributed by atoms with Crippen LogP contribution in [0.1, 0.15) is 31.1 Å². The second kappa shape index (κ2) is 5.74. The fourth-order valence-electron chi connectivity index (χ4n) is 2.65. The van der Waals surface area contributed by atoms with Crippen LogP contribution in [0.15, 0.2) is 34.7 Å². The molecule has 1 aromatic carbocycles. The van der Waals surface area contributed by atoms with E-state index in [1.165, 1.54) is 19.3 Å². The van der Waals surface area contributed by atoms with Crippen LogP contribution >= 0.6 is 0 Å². The molecule has 1 aliphatic heterocycles. The molecule has 0 amide bonds. The molecule has 1 aromatic heterocycles. The summed E-state index contributed by atoms with van der Waals surface area (Å²) in [4.78, 5) is 0. The molecule has 1 aliphatic rings. The van der Waals surface area contributed by atoms with Crippen molar-refractivity contribution in [2.45, 2.75) is 25.3 Å². The summed E-state index contributed by atoms with van der Waals surface area (Å²) in [6.45, 7) is 2.73. The van der Waals surface area contributed by atoms with Crippen LogP contribution < -0.4 is 11.2 Å². The lowest BCUT2D eigenvalue weighted by atomic mass is 10.1. The van der Waals surface area contributed by atoms with Gasteiger partial charge in [0.15, 0.2) is 0 Å². The topological polar surface area (TPSA) is 54.4 Å². The van der Waals surface area contributed by atoms with Gasteiger partial charge in [0.25, 0.3) is 0 Å². The summed E-state index contributed by atoms with van der Waals surface area (Å²) in [5.74, 6) is 0.925. The zero-order valence-electron chi connectivity index (χ0n) is 11.1. The first-order valence-corrected chi connectivity index (χ1v) is 7.06. The summed E-state index contributed by atoms with van der Waals surface area (Å²) in [5.41, 5.74) is 10.3. The first kappa shape index (κ1) is 12.7. The van der Waals surface area contributed by atoms with Crippen molar-refractivity contribution in [2.24, 2.45) is 5.73 Å². The Bertz CT molecular complexity index is 498. The van der Waals surface area contributed by atoms with Crippen LogP contribution in [0.3, 0.4) is 0 Å². The summed E-state index contributed by atoms with van der Waals surface area (Å²) < 4.78 is 5.89. The standard InChI is InChI=1S/C15H21N3O/c16-11-13(17-18-8-4-1-5-9-18)15-10-12-6-2-3-7-14(12)19-15/h2-3,6-7,10,13,17H,1,4-5,8-9,11,16H2. The molecule has 102 valence electrons. The number of rotatable bonds is 4. The van der Waals surface area contributed by atoms with Gasteiger partial charge in [-0.15, -0.1) is 0 Å². The summed E-state index contributed by atoms with van der Waals surface area (Å²) in [6.07, 6.45) is 3.84. The van der Waals surface area contributed by atoms with Crippen molar-refractivity contribution in [3.8, 4) is 0 Å². The zero-order chi connectivity index (χ0) is 13.1. The molecule has 0 spiro atoms. The van der Waals surface area contributed by atoms with Crippen LogP contribution in [-0.2, 0) is 0 Å². The van der Waals surface area contributed by atoms with E-state index in [0.717, 1.165) is 29.8 Å². The SMILES string of the molecule is NCC(NN1CCCCC1)c1cc2ccccc2o1. The van der Waals surface area contributed by atoms with Crippen LogP contribution in [0.5, 0.6) is 0 Å². The van der Waals surface area contributed by atoms with Crippen molar-refractivity contribution in [3.05, 3.63) is 36.1 Å². The third-order valence-electron chi connectivity index (χ3n) is 3.72. The molecular weight excluding hydrogens is 238 g/mol. The van der Waals surface area contributed by atoms with Crippen molar-refractivity contribution in [1.82, 2.24) is 10.4 Å². The number of nitrogens with two attached hydrogens (primary N) is 1. The second-order valence-electron chi connectivity index (χ2n) is 5.15. The van der Waals surface area contributed by atoms with Crippen LogP contribution in [0, 0.1) is 0 Å². The first-order valence-electron chi connectivity index (χ1n) is 7.06. The third kappa shape index (κ3) is 2.81. The molecule has 1 fully saturated rings. The van der Waals surface area contributed by atoms with Gasteiger partial charge in [0, 0.05) is 25.0 Å². The quantitative estimate of drug-likeness (QED) is 0.885. The van der Waals surface area contributed by atoms with E-state index in [1.54, 1.807) is 0 Å². The van der Waals surface area contributed by atoms with Crippen molar-refractivity contribution in [3.63, 3.8) is 0 Å². The fraction of sp³-hybridized carbons (Fsp3) is 0.467. The molecule has 0 bridgehead atoms. The summed E-state index contributed by atoms with van der Waals surface area (Å²) in [5, 5.41) is 3.41. The monoisotopic (exact) mass is 259 g/mol.